The zero-order chi connectivity index (χ0) is 14.8. The van der Waals surface area contributed by atoms with Crippen molar-refractivity contribution in [2.45, 2.75) is 0 Å². The third-order valence-electron chi connectivity index (χ3n) is 3.18. The van der Waals surface area contributed by atoms with Gasteiger partial charge in [-0.2, -0.15) is 0 Å². The molecule has 6 heteroatoms. The molecule has 2 heterocycles. The molecule has 0 unspecified atom stereocenters. The Labute approximate surface area is 122 Å². The van der Waals surface area contributed by atoms with E-state index in [0.717, 1.165) is 5.56 Å². The number of hydrogen-bond donors (Lipinski definition) is 1. The fourth-order valence-corrected chi connectivity index (χ4v) is 2.10. The highest BCUT2D eigenvalue weighted by atomic mass is 16.7. The Morgan fingerprint density at radius 2 is 2.24 bits per heavy atom. The van der Waals surface area contributed by atoms with Crippen LogP contribution in [0.2, 0.25) is 0 Å². The fourth-order valence-electron chi connectivity index (χ4n) is 2.10. The molecule has 6 nitrogen and oxygen atoms in total. The number of ether oxygens (including phenoxy) is 2. The van der Waals surface area contributed by atoms with Crippen LogP contribution in [0.4, 0.5) is 0 Å². The van der Waals surface area contributed by atoms with E-state index in [1.165, 1.54) is 4.90 Å². The maximum atomic E-state index is 12.1. The second kappa shape index (κ2) is 5.32. The first kappa shape index (κ1) is 13.2. The van der Waals surface area contributed by atoms with Gasteiger partial charge in [-0.25, -0.2) is 4.99 Å². The van der Waals surface area contributed by atoms with Gasteiger partial charge in [-0.05, 0) is 23.8 Å². The van der Waals surface area contributed by atoms with Crippen LogP contribution in [0.1, 0.15) is 5.56 Å². The highest BCUT2D eigenvalue weighted by Gasteiger charge is 2.28. The van der Waals surface area contributed by atoms with E-state index in [2.05, 4.69) is 16.9 Å². The average molecular weight is 285 g/mol. The first-order chi connectivity index (χ1) is 10.2. The average Bonchev–Trinajstić information content (AvgIpc) is 3.05. The molecule has 1 fully saturated rings. The van der Waals surface area contributed by atoms with Gasteiger partial charge in [0.25, 0.3) is 5.91 Å². The minimum Gasteiger partial charge on any atom is -0.454 e. The van der Waals surface area contributed by atoms with Gasteiger partial charge in [0.2, 0.25) is 12.8 Å². The number of likely N-dealkylation sites (N-methyl/N-ethyl adjacent to an activating group) is 1. The largest absolute Gasteiger partial charge is 0.454 e. The van der Waals surface area contributed by atoms with E-state index in [4.69, 9.17) is 9.47 Å². The Kier molecular flexibility index (Phi) is 3.35. The van der Waals surface area contributed by atoms with Gasteiger partial charge in [0.1, 0.15) is 5.70 Å². The molecule has 2 aliphatic heterocycles. The molecule has 3 rings (SSSR count). The topological polar surface area (TPSA) is 63.2 Å². The summed E-state index contributed by atoms with van der Waals surface area (Å²) in [6, 6.07) is 5.53. The van der Waals surface area contributed by atoms with Crippen LogP contribution in [0.25, 0.3) is 6.08 Å². The van der Waals surface area contributed by atoms with Crippen molar-refractivity contribution < 1.29 is 14.3 Å². The predicted molar refractivity (Wildman–Crippen MR) is 78.9 cm³/mol. The van der Waals surface area contributed by atoms with Crippen LogP contribution < -0.4 is 14.8 Å². The zero-order valence-electron chi connectivity index (χ0n) is 11.6. The van der Waals surface area contributed by atoms with Crippen molar-refractivity contribution in [1.29, 1.82) is 0 Å². The lowest BCUT2D eigenvalue weighted by Crippen LogP contribution is -2.28. The maximum absolute atomic E-state index is 12.1. The molecule has 0 spiro atoms. The van der Waals surface area contributed by atoms with E-state index >= 15 is 0 Å². The van der Waals surface area contributed by atoms with Crippen molar-refractivity contribution in [3.63, 3.8) is 0 Å². The molecule has 1 N–H and O–H groups in total. The van der Waals surface area contributed by atoms with Gasteiger partial charge in [0.15, 0.2) is 11.5 Å². The van der Waals surface area contributed by atoms with Crippen molar-refractivity contribution in [2.24, 2.45) is 4.99 Å². The first-order valence-electron chi connectivity index (χ1n) is 6.51. The van der Waals surface area contributed by atoms with Crippen molar-refractivity contribution in [3.05, 3.63) is 42.1 Å². The van der Waals surface area contributed by atoms with Crippen molar-refractivity contribution in [1.82, 2.24) is 10.2 Å². The molecular weight excluding hydrogens is 270 g/mol. The number of fused-ring (bicyclic) bond motifs is 1. The van der Waals surface area contributed by atoms with E-state index < -0.39 is 0 Å². The number of amides is 1. The van der Waals surface area contributed by atoms with Crippen LogP contribution >= 0.6 is 0 Å². The van der Waals surface area contributed by atoms with Gasteiger partial charge in [-0.1, -0.05) is 12.1 Å². The summed E-state index contributed by atoms with van der Waals surface area (Å²) in [5, 5.41) is 3.01. The second-order valence-electron chi connectivity index (χ2n) is 4.61. The molecule has 2 aliphatic rings. The molecule has 108 valence electrons. The Bertz CT molecular complexity index is 664. The summed E-state index contributed by atoms with van der Waals surface area (Å²) in [5.74, 6) is 1.79. The van der Waals surface area contributed by atoms with Gasteiger partial charge in [-0.15, -0.1) is 6.58 Å². The predicted octanol–water partition coefficient (Wildman–Crippen LogP) is 1.36. The molecule has 1 amide bonds. The molecule has 21 heavy (non-hydrogen) atoms. The fraction of sp³-hybridized carbons (Fsp3) is 0.200. The van der Waals surface area contributed by atoms with Crippen molar-refractivity contribution in [3.8, 4) is 11.5 Å². The highest BCUT2D eigenvalue weighted by Crippen LogP contribution is 2.33. The number of carbonyl (C=O) groups is 1. The molecule has 1 saturated heterocycles. The SMILES string of the molecule is C=CCN=C1N/C(=C\c2ccc3c(c2)OCO3)C(=O)N1C. The molecule has 0 bridgehead atoms. The summed E-state index contributed by atoms with van der Waals surface area (Å²) in [6.45, 7) is 4.29. The Balaban J connectivity index is 1.86. The van der Waals surface area contributed by atoms with E-state index in [0.29, 0.717) is 29.7 Å². The van der Waals surface area contributed by atoms with E-state index in [9.17, 15) is 4.79 Å². The van der Waals surface area contributed by atoms with Crippen LogP contribution in [-0.4, -0.2) is 37.2 Å². The van der Waals surface area contributed by atoms with Crippen LogP contribution in [0.5, 0.6) is 11.5 Å². The van der Waals surface area contributed by atoms with Crippen LogP contribution in [0.15, 0.2) is 41.5 Å². The number of nitrogens with one attached hydrogen (secondary N) is 1. The van der Waals surface area contributed by atoms with Gasteiger partial charge >= 0.3 is 0 Å². The molecule has 0 aromatic heterocycles. The van der Waals surface area contributed by atoms with E-state index in [1.54, 1.807) is 19.2 Å². The second-order valence-corrected chi connectivity index (χ2v) is 4.61. The molecule has 1 aromatic rings. The minimum absolute atomic E-state index is 0.129. The summed E-state index contributed by atoms with van der Waals surface area (Å²) >= 11 is 0. The molecule has 0 radical (unpaired) electrons. The van der Waals surface area contributed by atoms with E-state index in [-0.39, 0.29) is 12.7 Å². The number of aliphatic imine (C=N–C) groups is 1. The third-order valence-corrected chi connectivity index (χ3v) is 3.18. The van der Waals surface area contributed by atoms with Gasteiger partial charge in [0.05, 0.1) is 6.54 Å². The highest BCUT2D eigenvalue weighted by molar-refractivity contribution is 6.15. The Morgan fingerprint density at radius 1 is 1.43 bits per heavy atom. The lowest BCUT2D eigenvalue weighted by molar-refractivity contribution is -0.121. The standard InChI is InChI=1S/C15H15N3O3/c1-3-6-16-15-17-11(14(19)18(15)2)7-10-4-5-12-13(8-10)21-9-20-12/h3-5,7-8H,1,6,9H2,2H3,(H,16,17)/b11-7-. The summed E-state index contributed by atoms with van der Waals surface area (Å²) in [5.41, 5.74) is 1.33. The molecule has 0 saturated carbocycles. The Hall–Kier alpha value is -2.76. The number of nitrogens with zero attached hydrogens (tertiary/aromatic N) is 2. The monoisotopic (exact) mass is 285 g/mol. The number of guanidine groups is 1. The molecule has 1 aromatic carbocycles. The third kappa shape index (κ3) is 2.47. The first-order valence-corrected chi connectivity index (χ1v) is 6.51. The van der Waals surface area contributed by atoms with Crippen LogP contribution in [-0.2, 0) is 4.79 Å². The lowest BCUT2D eigenvalue weighted by atomic mass is 10.1. The van der Waals surface area contributed by atoms with Gasteiger partial charge in [0, 0.05) is 7.05 Å². The maximum Gasteiger partial charge on any atom is 0.276 e. The van der Waals surface area contributed by atoms with Crippen LogP contribution in [0, 0.1) is 0 Å². The van der Waals surface area contributed by atoms with Crippen molar-refractivity contribution in [2.75, 3.05) is 20.4 Å². The number of rotatable bonds is 3. The summed E-state index contributed by atoms with van der Waals surface area (Å²) in [6.07, 6.45) is 3.43. The van der Waals surface area contributed by atoms with Gasteiger partial charge in [-0.3, -0.25) is 9.69 Å². The van der Waals surface area contributed by atoms with Crippen LogP contribution in [0.3, 0.4) is 0 Å². The van der Waals surface area contributed by atoms with Gasteiger partial charge < -0.3 is 14.8 Å². The Morgan fingerprint density at radius 3 is 3.05 bits per heavy atom. The molecular formula is C15H15N3O3. The number of benzene rings is 1. The normalized spacial score (nSPS) is 20.2. The minimum atomic E-state index is -0.129. The molecule has 0 aliphatic carbocycles. The summed E-state index contributed by atoms with van der Waals surface area (Å²) < 4.78 is 10.6. The number of carbonyl (C=O) groups excluding carboxylic acids is 1. The lowest BCUT2D eigenvalue weighted by Gasteiger charge is -2.05. The summed E-state index contributed by atoms with van der Waals surface area (Å²) in [4.78, 5) is 17.9. The zero-order valence-corrected chi connectivity index (χ0v) is 11.6. The quantitative estimate of drug-likeness (QED) is 0.673. The summed E-state index contributed by atoms with van der Waals surface area (Å²) in [7, 11) is 1.68. The number of hydrogen-bond acceptors (Lipinski definition) is 4. The van der Waals surface area contributed by atoms with Crippen molar-refractivity contribution >= 4 is 17.9 Å². The van der Waals surface area contributed by atoms with E-state index in [1.807, 2.05) is 18.2 Å². The molecule has 0 atom stereocenters. The smallest absolute Gasteiger partial charge is 0.276 e.